The largest absolute Gasteiger partial charge is 0.416 e. The van der Waals surface area contributed by atoms with Gasteiger partial charge in [-0.25, -0.2) is 0 Å². The van der Waals surface area contributed by atoms with Crippen molar-refractivity contribution in [3.63, 3.8) is 0 Å². The fraction of sp³-hybridized carbons (Fsp3) is 0.143. The number of benzene rings is 3. The van der Waals surface area contributed by atoms with Crippen LogP contribution < -0.4 is 0 Å². The van der Waals surface area contributed by atoms with Crippen LogP contribution in [0, 0.1) is 6.92 Å². The van der Waals surface area contributed by atoms with Crippen LogP contribution in [0.5, 0.6) is 0 Å². The van der Waals surface area contributed by atoms with E-state index >= 15 is 0 Å². The lowest BCUT2D eigenvalue weighted by Gasteiger charge is -2.17. The average Bonchev–Trinajstić information content (AvgIpc) is 2.62. The molecule has 0 bridgehead atoms. The fourth-order valence-electron chi connectivity index (χ4n) is 2.72. The molecule has 0 saturated carbocycles. The summed E-state index contributed by atoms with van der Waals surface area (Å²) in [5, 5.41) is 0. The molecule has 0 radical (unpaired) electrons. The summed E-state index contributed by atoms with van der Waals surface area (Å²) < 4.78 is 80.2. The van der Waals surface area contributed by atoms with Gasteiger partial charge < -0.3 is 0 Å². The topological polar surface area (TPSA) is 0 Å². The first-order valence-corrected chi connectivity index (χ1v) is 9.89. The Labute approximate surface area is 176 Å². The Kier molecular flexibility index (Phi) is 6.06. The molecule has 0 nitrogen and oxygen atoms in total. The maximum Gasteiger partial charge on any atom is 0.416 e. The van der Waals surface area contributed by atoms with Crippen LogP contribution in [0.1, 0.15) is 16.7 Å². The van der Waals surface area contributed by atoms with Crippen LogP contribution in [0.2, 0.25) is 0 Å². The molecule has 152 valence electrons. The second kappa shape index (κ2) is 8.07. The van der Waals surface area contributed by atoms with Gasteiger partial charge >= 0.3 is 12.4 Å². The van der Waals surface area contributed by atoms with Crippen molar-refractivity contribution < 1.29 is 26.3 Å². The first-order chi connectivity index (χ1) is 13.4. The predicted molar refractivity (Wildman–Crippen MR) is 105 cm³/mol. The van der Waals surface area contributed by atoms with Crippen molar-refractivity contribution in [1.29, 1.82) is 0 Å². The smallest absolute Gasteiger partial charge is 0.166 e. The highest BCUT2D eigenvalue weighted by Crippen LogP contribution is 2.42. The predicted octanol–water partition coefficient (Wildman–Crippen LogP) is 8.61. The van der Waals surface area contributed by atoms with Crippen LogP contribution in [-0.2, 0) is 12.4 Å². The minimum atomic E-state index is -4.61. The van der Waals surface area contributed by atoms with Crippen molar-refractivity contribution in [2.24, 2.45) is 0 Å². The standard InChI is InChI=1S/C21H13BrF6S/c1-12-2-3-13(20(23,24)25)10-17(12)18-11-14(21(26,27)28)4-9-19(18)29-16-7-5-15(22)6-8-16/h2-11H,1H3. The number of hydrogen-bond donors (Lipinski definition) is 0. The third-order valence-electron chi connectivity index (χ3n) is 4.20. The molecule has 0 aliphatic rings. The summed E-state index contributed by atoms with van der Waals surface area (Å²) in [7, 11) is 0. The van der Waals surface area contributed by atoms with Gasteiger partial charge in [-0.3, -0.25) is 0 Å². The van der Waals surface area contributed by atoms with E-state index in [2.05, 4.69) is 15.9 Å². The molecule has 0 aliphatic heterocycles. The fourth-order valence-corrected chi connectivity index (χ4v) is 3.93. The highest BCUT2D eigenvalue weighted by Gasteiger charge is 2.33. The van der Waals surface area contributed by atoms with Crippen molar-refractivity contribution >= 4 is 27.7 Å². The molecule has 3 rings (SSSR count). The molecule has 0 spiro atoms. The Bertz CT molecular complexity index is 1020. The van der Waals surface area contributed by atoms with Gasteiger partial charge in [-0.15, -0.1) is 0 Å². The van der Waals surface area contributed by atoms with E-state index in [0.29, 0.717) is 10.5 Å². The minimum absolute atomic E-state index is 0.108. The van der Waals surface area contributed by atoms with E-state index in [1.165, 1.54) is 23.9 Å². The van der Waals surface area contributed by atoms with Crippen LogP contribution in [0.4, 0.5) is 26.3 Å². The van der Waals surface area contributed by atoms with Gasteiger partial charge in [0.2, 0.25) is 0 Å². The van der Waals surface area contributed by atoms with E-state index < -0.39 is 23.5 Å². The van der Waals surface area contributed by atoms with Crippen molar-refractivity contribution in [3.05, 3.63) is 81.8 Å². The van der Waals surface area contributed by atoms with E-state index in [1.54, 1.807) is 31.2 Å². The number of alkyl halides is 6. The number of aryl methyl sites for hydroxylation is 1. The van der Waals surface area contributed by atoms with Crippen molar-refractivity contribution in [2.45, 2.75) is 29.1 Å². The summed E-state index contributed by atoms with van der Waals surface area (Å²) >= 11 is 4.50. The van der Waals surface area contributed by atoms with E-state index in [0.717, 1.165) is 33.6 Å². The Morgan fingerprint density at radius 2 is 1.21 bits per heavy atom. The van der Waals surface area contributed by atoms with Gasteiger partial charge in [0.15, 0.2) is 0 Å². The summed E-state index contributed by atoms with van der Waals surface area (Å²) in [5.74, 6) is 0. The second-order valence-electron chi connectivity index (χ2n) is 6.29. The molecule has 3 aromatic carbocycles. The van der Waals surface area contributed by atoms with Gasteiger partial charge in [-0.05, 0) is 78.2 Å². The van der Waals surface area contributed by atoms with Crippen LogP contribution in [-0.4, -0.2) is 0 Å². The monoisotopic (exact) mass is 490 g/mol. The quantitative estimate of drug-likeness (QED) is 0.331. The van der Waals surface area contributed by atoms with Crippen LogP contribution in [0.3, 0.4) is 0 Å². The summed E-state index contributed by atoms with van der Waals surface area (Å²) in [5.41, 5.74) is -1.14. The molecular weight excluding hydrogens is 478 g/mol. The number of rotatable bonds is 3. The third kappa shape index (κ3) is 5.17. The normalized spacial score (nSPS) is 12.3. The van der Waals surface area contributed by atoms with Crippen molar-refractivity contribution in [1.82, 2.24) is 0 Å². The van der Waals surface area contributed by atoms with Gasteiger partial charge in [0.1, 0.15) is 0 Å². The van der Waals surface area contributed by atoms with Crippen LogP contribution in [0.25, 0.3) is 11.1 Å². The van der Waals surface area contributed by atoms with E-state index in [9.17, 15) is 26.3 Å². The minimum Gasteiger partial charge on any atom is -0.166 e. The molecule has 3 aromatic rings. The summed E-state index contributed by atoms with van der Waals surface area (Å²) in [6.45, 7) is 1.57. The van der Waals surface area contributed by atoms with E-state index in [1.807, 2.05) is 0 Å². The first-order valence-electron chi connectivity index (χ1n) is 8.28. The highest BCUT2D eigenvalue weighted by atomic mass is 79.9. The zero-order chi connectivity index (χ0) is 21.4. The Morgan fingerprint density at radius 3 is 1.76 bits per heavy atom. The lowest BCUT2D eigenvalue weighted by atomic mass is 9.96. The van der Waals surface area contributed by atoms with Gasteiger partial charge in [-0.1, -0.05) is 33.8 Å². The molecule has 8 heteroatoms. The van der Waals surface area contributed by atoms with Crippen molar-refractivity contribution in [2.75, 3.05) is 0 Å². The third-order valence-corrected chi connectivity index (χ3v) is 5.82. The van der Waals surface area contributed by atoms with Gasteiger partial charge in [-0.2, -0.15) is 26.3 Å². The van der Waals surface area contributed by atoms with Crippen LogP contribution in [0.15, 0.2) is 74.9 Å². The average molecular weight is 491 g/mol. The SMILES string of the molecule is Cc1ccc(C(F)(F)F)cc1-c1cc(C(F)(F)F)ccc1Sc1ccc(Br)cc1. The number of halogens is 7. The molecule has 0 fully saturated rings. The molecule has 0 atom stereocenters. The lowest BCUT2D eigenvalue weighted by Crippen LogP contribution is -2.07. The van der Waals surface area contributed by atoms with Crippen LogP contribution >= 0.6 is 27.7 Å². The lowest BCUT2D eigenvalue weighted by molar-refractivity contribution is -0.138. The Hall–Kier alpha value is -1.93. The maximum absolute atomic E-state index is 13.3. The van der Waals surface area contributed by atoms with Gasteiger partial charge in [0.25, 0.3) is 0 Å². The summed E-state index contributed by atoms with van der Waals surface area (Å²) in [6.07, 6.45) is -9.20. The maximum atomic E-state index is 13.3. The zero-order valence-corrected chi connectivity index (χ0v) is 17.2. The van der Waals surface area contributed by atoms with Gasteiger partial charge in [0.05, 0.1) is 11.1 Å². The molecule has 0 amide bonds. The first kappa shape index (κ1) is 21.8. The molecule has 0 N–H and O–H groups in total. The molecule has 0 aromatic heterocycles. The van der Waals surface area contributed by atoms with E-state index in [4.69, 9.17) is 0 Å². The second-order valence-corrected chi connectivity index (χ2v) is 8.32. The number of hydrogen-bond acceptors (Lipinski definition) is 1. The summed E-state index contributed by atoms with van der Waals surface area (Å²) in [4.78, 5) is 1.18. The summed E-state index contributed by atoms with van der Waals surface area (Å²) in [6, 6.07) is 13.3. The molecule has 0 unspecified atom stereocenters. The van der Waals surface area contributed by atoms with Gasteiger partial charge in [0, 0.05) is 14.3 Å². The molecular formula is C21H13BrF6S. The zero-order valence-electron chi connectivity index (χ0n) is 14.8. The molecule has 0 aliphatic carbocycles. The Morgan fingerprint density at radius 1 is 0.690 bits per heavy atom. The molecule has 0 saturated heterocycles. The van der Waals surface area contributed by atoms with E-state index in [-0.39, 0.29) is 11.1 Å². The molecule has 0 heterocycles. The highest BCUT2D eigenvalue weighted by molar-refractivity contribution is 9.10. The van der Waals surface area contributed by atoms with Crippen molar-refractivity contribution in [3.8, 4) is 11.1 Å². The Balaban J connectivity index is 2.18. The molecule has 29 heavy (non-hydrogen) atoms.